The van der Waals surface area contributed by atoms with Gasteiger partial charge in [0.15, 0.2) is 0 Å². The van der Waals surface area contributed by atoms with Gasteiger partial charge in [-0.1, -0.05) is 48.5 Å². The minimum atomic E-state index is 0.322. The predicted molar refractivity (Wildman–Crippen MR) is 101 cm³/mol. The zero-order valence-corrected chi connectivity index (χ0v) is 14.5. The lowest BCUT2D eigenvalue weighted by Gasteiger charge is -1.92. The van der Waals surface area contributed by atoms with Crippen LogP contribution in [0.15, 0.2) is 78.9 Å². The number of para-hydroxylation sites is 2. The van der Waals surface area contributed by atoms with Gasteiger partial charge in [0.2, 0.25) is 0 Å². The number of phenols is 3. The molecule has 3 aromatic rings. The van der Waals surface area contributed by atoms with E-state index >= 15 is 0 Å². The molecule has 0 atom stereocenters. The second kappa shape index (κ2) is 13.2. The molecule has 3 rings (SSSR count). The molecule has 0 unspecified atom stereocenters. The first-order valence-electron chi connectivity index (χ1n) is 7.52. The zero-order chi connectivity index (χ0) is 19.1. The van der Waals surface area contributed by atoms with E-state index in [1.165, 1.54) is 0 Å². The molecule has 0 aliphatic carbocycles. The van der Waals surface area contributed by atoms with E-state index in [0.29, 0.717) is 17.2 Å². The van der Waals surface area contributed by atoms with Gasteiger partial charge in [-0.2, -0.15) is 0 Å². The quantitative estimate of drug-likeness (QED) is 0.558. The van der Waals surface area contributed by atoms with Crippen LogP contribution in [0.1, 0.15) is 11.1 Å². The molecule has 0 fully saturated rings. The second-order valence-electron chi connectivity index (χ2n) is 4.96. The van der Waals surface area contributed by atoms with Gasteiger partial charge < -0.3 is 20.1 Å². The van der Waals surface area contributed by atoms with Crippen molar-refractivity contribution >= 4 is 6.79 Å². The monoisotopic (exact) mass is 340 g/mol. The number of hydrogen-bond acceptors (Lipinski definition) is 4. The Hall–Kier alpha value is -3.27. The van der Waals surface area contributed by atoms with Crippen molar-refractivity contribution in [3.05, 3.63) is 90.0 Å². The molecule has 0 heterocycles. The Bertz CT molecular complexity index is 674. The normalized spacial score (nSPS) is 8.40. The first kappa shape index (κ1) is 21.7. The number of rotatable bonds is 0. The number of aromatic hydroxyl groups is 3. The van der Waals surface area contributed by atoms with Crippen molar-refractivity contribution < 1.29 is 20.1 Å². The Morgan fingerprint density at radius 1 is 0.640 bits per heavy atom. The number of carbonyl (C=O) groups is 1. The summed E-state index contributed by atoms with van der Waals surface area (Å²) in [4.78, 5) is 8.00. The number of aryl methyl sites for hydroxylation is 2. The lowest BCUT2D eigenvalue weighted by atomic mass is 10.2. The van der Waals surface area contributed by atoms with Crippen LogP contribution in [0.25, 0.3) is 0 Å². The van der Waals surface area contributed by atoms with Gasteiger partial charge in [0.1, 0.15) is 24.0 Å². The number of phenolic OH excluding ortho intramolecular Hbond substituents is 3. The molecule has 0 aliphatic rings. The fourth-order valence-corrected chi connectivity index (χ4v) is 1.62. The molecule has 0 amide bonds. The van der Waals surface area contributed by atoms with Crippen LogP contribution in [-0.2, 0) is 4.79 Å². The van der Waals surface area contributed by atoms with Crippen molar-refractivity contribution in [3.63, 3.8) is 0 Å². The topological polar surface area (TPSA) is 77.8 Å². The summed E-state index contributed by atoms with van der Waals surface area (Å²) < 4.78 is 0. The van der Waals surface area contributed by atoms with Gasteiger partial charge >= 0.3 is 0 Å². The Morgan fingerprint density at radius 3 is 1.48 bits per heavy atom. The number of hydrogen-bond donors (Lipinski definition) is 3. The van der Waals surface area contributed by atoms with E-state index in [1.54, 1.807) is 42.5 Å². The predicted octanol–water partition coefficient (Wildman–Crippen LogP) is 4.61. The highest BCUT2D eigenvalue weighted by Crippen LogP contribution is 2.12. The van der Waals surface area contributed by atoms with Gasteiger partial charge in [-0.25, -0.2) is 0 Å². The van der Waals surface area contributed by atoms with Crippen molar-refractivity contribution in [2.24, 2.45) is 0 Å². The number of carbonyl (C=O) groups excluding carboxylic acids is 1. The van der Waals surface area contributed by atoms with Gasteiger partial charge in [0, 0.05) is 0 Å². The molecule has 0 aromatic heterocycles. The summed E-state index contributed by atoms with van der Waals surface area (Å²) in [6.07, 6.45) is 0. The van der Waals surface area contributed by atoms with Crippen molar-refractivity contribution in [1.82, 2.24) is 0 Å². The fourth-order valence-electron chi connectivity index (χ4n) is 1.62. The summed E-state index contributed by atoms with van der Waals surface area (Å²) in [6.45, 7) is 5.81. The van der Waals surface area contributed by atoms with Gasteiger partial charge in [-0.15, -0.1) is 0 Å². The van der Waals surface area contributed by atoms with Crippen LogP contribution in [-0.4, -0.2) is 22.1 Å². The molecule has 3 N–H and O–H groups in total. The standard InChI is InChI=1S/2C7H8O.C6H6O.CH2O/c1-6-3-2-4-7(8)5-6;1-6-4-2-3-5-7(6)8;7-6-4-2-1-3-5-6;1-2/h2*2-5,8H,1H3;1-5,7H;1H2. The maximum atomic E-state index is 8.92. The van der Waals surface area contributed by atoms with Crippen molar-refractivity contribution in [3.8, 4) is 17.2 Å². The molecule has 4 heteroatoms. The summed E-state index contributed by atoms with van der Waals surface area (Å²) in [5, 5.41) is 26.4. The van der Waals surface area contributed by atoms with E-state index in [2.05, 4.69) is 0 Å². The van der Waals surface area contributed by atoms with Gasteiger partial charge in [-0.05, 0) is 55.3 Å². The van der Waals surface area contributed by atoms with E-state index < -0.39 is 0 Å². The molecule has 132 valence electrons. The largest absolute Gasteiger partial charge is 0.508 e. The van der Waals surface area contributed by atoms with Crippen LogP contribution in [0.3, 0.4) is 0 Å². The Morgan fingerprint density at radius 2 is 1.16 bits per heavy atom. The van der Waals surface area contributed by atoms with E-state index in [9.17, 15) is 0 Å². The summed E-state index contributed by atoms with van der Waals surface area (Å²) in [5.74, 6) is 1.03. The van der Waals surface area contributed by atoms with Crippen LogP contribution in [0.5, 0.6) is 17.2 Å². The van der Waals surface area contributed by atoms with Crippen LogP contribution in [0, 0.1) is 13.8 Å². The highest BCUT2D eigenvalue weighted by Gasteiger charge is 1.87. The average molecular weight is 340 g/mol. The Kier molecular flexibility index (Phi) is 11.5. The molecule has 0 saturated carbocycles. The lowest BCUT2D eigenvalue weighted by Crippen LogP contribution is -1.68. The fraction of sp³-hybridized carbons (Fsp3) is 0.0952. The highest BCUT2D eigenvalue weighted by molar-refractivity contribution is 5.29. The van der Waals surface area contributed by atoms with Crippen molar-refractivity contribution in [2.75, 3.05) is 0 Å². The van der Waals surface area contributed by atoms with Crippen LogP contribution >= 0.6 is 0 Å². The first-order valence-corrected chi connectivity index (χ1v) is 7.52. The van der Waals surface area contributed by atoms with Crippen LogP contribution < -0.4 is 0 Å². The van der Waals surface area contributed by atoms with Crippen LogP contribution in [0.4, 0.5) is 0 Å². The SMILES string of the molecule is C=O.Cc1cccc(O)c1.Cc1ccccc1O.Oc1ccccc1. The molecule has 3 aromatic carbocycles. The third-order valence-corrected chi connectivity index (χ3v) is 2.87. The van der Waals surface area contributed by atoms with E-state index in [-0.39, 0.29) is 0 Å². The molecule has 0 radical (unpaired) electrons. The minimum Gasteiger partial charge on any atom is -0.508 e. The molecule has 0 saturated heterocycles. The Labute approximate surface area is 148 Å². The molecule has 0 aliphatic heterocycles. The van der Waals surface area contributed by atoms with Gasteiger partial charge in [0.25, 0.3) is 0 Å². The average Bonchev–Trinajstić information content (AvgIpc) is 2.61. The summed E-state index contributed by atoms with van der Waals surface area (Å²) in [7, 11) is 0. The first-order chi connectivity index (χ1) is 12.0. The Balaban J connectivity index is 0.000000330. The number of benzene rings is 3. The van der Waals surface area contributed by atoms with Crippen molar-refractivity contribution in [1.29, 1.82) is 0 Å². The maximum Gasteiger partial charge on any atom is 0.118 e. The summed E-state index contributed by atoms with van der Waals surface area (Å²) in [6, 6.07) is 23.1. The summed E-state index contributed by atoms with van der Waals surface area (Å²) >= 11 is 0. The van der Waals surface area contributed by atoms with Crippen molar-refractivity contribution in [2.45, 2.75) is 13.8 Å². The van der Waals surface area contributed by atoms with E-state index in [0.717, 1.165) is 11.1 Å². The van der Waals surface area contributed by atoms with Gasteiger partial charge in [-0.3, -0.25) is 0 Å². The third kappa shape index (κ3) is 11.0. The molecule has 0 bridgehead atoms. The summed E-state index contributed by atoms with van der Waals surface area (Å²) in [5.41, 5.74) is 2.01. The smallest absolute Gasteiger partial charge is 0.118 e. The zero-order valence-electron chi connectivity index (χ0n) is 14.5. The molecule has 25 heavy (non-hydrogen) atoms. The van der Waals surface area contributed by atoms with Gasteiger partial charge in [0.05, 0.1) is 0 Å². The second-order valence-corrected chi connectivity index (χ2v) is 4.96. The third-order valence-electron chi connectivity index (χ3n) is 2.87. The lowest BCUT2D eigenvalue weighted by molar-refractivity contribution is -0.0979. The molecule has 4 nitrogen and oxygen atoms in total. The molecular weight excluding hydrogens is 316 g/mol. The highest BCUT2D eigenvalue weighted by atomic mass is 16.3. The van der Waals surface area contributed by atoms with E-state index in [4.69, 9.17) is 20.1 Å². The molecule has 0 spiro atoms. The maximum absolute atomic E-state index is 8.92. The minimum absolute atomic E-state index is 0.322. The van der Waals surface area contributed by atoms with E-state index in [1.807, 2.05) is 57.0 Å². The molecular formula is C21H24O4. The van der Waals surface area contributed by atoms with Crippen LogP contribution in [0.2, 0.25) is 0 Å².